The number of hydrogen-bond acceptors (Lipinski definition) is 4. The molecule has 0 aliphatic carbocycles. The van der Waals surface area contributed by atoms with Crippen molar-refractivity contribution in [3.8, 4) is 0 Å². The lowest BCUT2D eigenvalue weighted by Crippen LogP contribution is -2.48. The summed E-state index contributed by atoms with van der Waals surface area (Å²) in [4.78, 5) is 20.9. The van der Waals surface area contributed by atoms with Gasteiger partial charge < -0.3 is 10.2 Å². The normalized spacial score (nSPS) is 14.5. The first-order valence-electron chi connectivity index (χ1n) is 9.44. The van der Waals surface area contributed by atoms with Gasteiger partial charge in [-0.2, -0.15) is 0 Å². The highest BCUT2D eigenvalue weighted by Gasteiger charge is 2.18. The summed E-state index contributed by atoms with van der Waals surface area (Å²) in [5, 5.41) is 5.60. The Kier molecular flexibility index (Phi) is 6.85. The highest BCUT2D eigenvalue weighted by atomic mass is 35.5. The molecule has 1 aliphatic heterocycles. The number of piperazine rings is 1. The predicted octanol–water partition coefficient (Wildman–Crippen LogP) is 3.21. The van der Waals surface area contributed by atoms with Crippen LogP contribution in [0.4, 0.5) is 5.69 Å². The zero-order valence-electron chi connectivity index (χ0n) is 15.8. The number of rotatable bonds is 5. The van der Waals surface area contributed by atoms with Crippen LogP contribution in [0.2, 0.25) is 0 Å². The standard InChI is InChI=1S/C22H24N4O.ClH/c27-22(19-8-10-23-11-9-19)24-12-13-25-14-16-26(17-15-25)21-7-3-5-18-4-1-2-6-20(18)21;/h1-11H,12-17H2,(H,24,27);1H. The Bertz CT molecular complexity index is 905. The van der Waals surface area contributed by atoms with Gasteiger partial charge in [0.2, 0.25) is 0 Å². The van der Waals surface area contributed by atoms with Crippen LogP contribution in [-0.2, 0) is 0 Å². The van der Waals surface area contributed by atoms with E-state index in [1.165, 1.54) is 16.5 Å². The lowest BCUT2D eigenvalue weighted by Gasteiger charge is -2.36. The molecule has 0 unspecified atom stereocenters. The van der Waals surface area contributed by atoms with Crippen molar-refractivity contribution in [2.75, 3.05) is 44.2 Å². The fraction of sp³-hybridized carbons (Fsp3) is 0.273. The fourth-order valence-electron chi connectivity index (χ4n) is 3.63. The average Bonchev–Trinajstić information content (AvgIpc) is 2.74. The quantitative estimate of drug-likeness (QED) is 0.719. The number of pyridine rings is 1. The molecule has 5 nitrogen and oxygen atoms in total. The summed E-state index contributed by atoms with van der Waals surface area (Å²) in [6.45, 7) is 5.57. The number of anilines is 1. The van der Waals surface area contributed by atoms with Crippen LogP contribution in [0.3, 0.4) is 0 Å². The lowest BCUT2D eigenvalue weighted by molar-refractivity contribution is 0.0947. The Hall–Kier alpha value is -2.63. The van der Waals surface area contributed by atoms with E-state index in [9.17, 15) is 4.79 Å². The van der Waals surface area contributed by atoms with E-state index in [1.807, 2.05) is 0 Å². The second-order valence-electron chi connectivity index (χ2n) is 6.82. The lowest BCUT2D eigenvalue weighted by atomic mass is 10.1. The highest BCUT2D eigenvalue weighted by molar-refractivity contribution is 5.94. The van der Waals surface area contributed by atoms with E-state index in [0.29, 0.717) is 12.1 Å². The molecular weight excluding hydrogens is 372 g/mol. The number of carbonyl (C=O) groups is 1. The van der Waals surface area contributed by atoms with Gasteiger partial charge in [0.25, 0.3) is 5.91 Å². The highest BCUT2D eigenvalue weighted by Crippen LogP contribution is 2.27. The van der Waals surface area contributed by atoms with Crippen molar-refractivity contribution >= 4 is 34.8 Å². The fourth-order valence-corrected chi connectivity index (χ4v) is 3.63. The Morgan fingerprint density at radius 2 is 1.64 bits per heavy atom. The van der Waals surface area contributed by atoms with Gasteiger partial charge in [-0.05, 0) is 23.6 Å². The van der Waals surface area contributed by atoms with E-state index < -0.39 is 0 Å². The van der Waals surface area contributed by atoms with Crippen LogP contribution in [0.15, 0.2) is 67.0 Å². The van der Waals surface area contributed by atoms with Crippen LogP contribution in [0.1, 0.15) is 10.4 Å². The molecule has 2 heterocycles. The van der Waals surface area contributed by atoms with Gasteiger partial charge in [-0.1, -0.05) is 36.4 Å². The molecule has 1 aliphatic rings. The molecule has 0 atom stereocenters. The van der Waals surface area contributed by atoms with E-state index in [0.717, 1.165) is 32.7 Å². The van der Waals surface area contributed by atoms with Gasteiger partial charge in [0.1, 0.15) is 0 Å². The number of nitrogens with zero attached hydrogens (tertiary/aromatic N) is 3. The molecule has 1 N–H and O–H groups in total. The van der Waals surface area contributed by atoms with Crippen molar-refractivity contribution < 1.29 is 4.79 Å². The molecule has 0 saturated carbocycles. The van der Waals surface area contributed by atoms with Gasteiger partial charge in [0.15, 0.2) is 0 Å². The molecule has 1 fully saturated rings. The Labute approximate surface area is 171 Å². The summed E-state index contributed by atoms with van der Waals surface area (Å²) >= 11 is 0. The number of amides is 1. The Morgan fingerprint density at radius 3 is 2.43 bits per heavy atom. The second-order valence-corrected chi connectivity index (χ2v) is 6.82. The number of nitrogens with one attached hydrogen (secondary N) is 1. The second kappa shape index (κ2) is 9.53. The maximum Gasteiger partial charge on any atom is 0.251 e. The van der Waals surface area contributed by atoms with Crippen molar-refractivity contribution in [2.45, 2.75) is 0 Å². The van der Waals surface area contributed by atoms with Gasteiger partial charge in [0, 0.05) is 68.3 Å². The van der Waals surface area contributed by atoms with Crippen LogP contribution in [0, 0.1) is 0 Å². The third-order valence-electron chi connectivity index (χ3n) is 5.14. The third-order valence-corrected chi connectivity index (χ3v) is 5.14. The first-order chi connectivity index (χ1) is 13.3. The summed E-state index contributed by atoms with van der Waals surface area (Å²) in [6.07, 6.45) is 3.28. The molecule has 0 bridgehead atoms. The summed E-state index contributed by atoms with van der Waals surface area (Å²) in [6, 6.07) is 18.5. The van der Waals surface area contributed by atoms with E-state index in [2.05, 4.69) is 62.6 Å². The minimum atomic E-state index is -0.0354. The maximum absolute atomic E-state index is 12.1. The molecule has 146 valence electrons. The molecule has 2 aromatic carbocycles. The van der Waals surface area contributed by atoms with Gasteiger partial charge in [0.05, 0.1) is 0 Å². The number of halogens is 1. The molecule has 4 rings (SSSR count). The minimum absolute atomic E-state index is 0. The van der Waals surface area contributed by atoms with Crippen LogP contribution < -0.4 is 10.2 Å². The number of fused-ring (bicyclic) bond motifs is 1. The Balaban J connectivity index is 0.00000225. The third kappa shape index (κ3) is 4.61. The van der Waals surface area contributed by atoms with E-state index in [1.54, 1.807) is 24.5 Å². The van der Waals surface area contributed by atoms with Crippen molar-refractivity contribution in [3.63, 3.8) is 0 Å². The molecule has 1 saturated heterocycles. The van der Waals surface area contributed by atoms with Crippen molar-refractivity contribution in [3.05, 3.63) is 72.6 Å². The van der Waals surface area contributed by atoms with E-state index in [-0.39, 0.29) is 18.3 Å². The van der Waals surface area contributed by atoms with E-state index in [4.69, 9.17) is 0 Å². The van der Waals surface area contributed by atoms with Crippen molar-refractivity contribution in [1.29, 1.82) is 0 Å². The zero-order valence-corrected chi connectivity index (χ0v) is 16.6. The van der Waals surface area contributed by atoms with Gasteiger partial charge in [-0.25, -0.2) is 0 Å². The summed E-state index contributed by atoms with van der Waals surface area (Å²) in [5.41, 5.74) is 1.98. The average molecular weight is 397 g/mol. The number of benzene rings is 2. The molecule has 1 amide bonds. The van der Waals surface area contributed by atoms with Crippen LogP contribution in [0.25, 0.3) is 10.8 Å². The molecule has 1 aromatic heterocycles. The molecule has 0 radical (unpaired) electrons. The van der Waals surface area contributed by atoms with Crippen LogP contribution in [0.5, 0.6) is 0 Å². The topological polar surface area (TPSA) is 48.5 Å². The predicted molar refractivity (Wildman–Crippen MR) is 116 cm³/mol. The summed E-state index contributed by atoms with van der Waals surface area (Å²) in [5.74, 6) is -0.0354. The molecule has 3 aromatic rings. The number of hydrogen-bond donors (Lipinski definition) is 1. The smallest absolute Gasteiger partial charge is 0.251 e. The first kappa shape index (κ1) is 20.1. The minimum Gasteiger partial charge on any atom is -0.368 e. The summed E-state index contributed by atoms with van der Waals surface area (Å²) in [7, 11) is 0. The largest absolute Gasteiger partial charge is 0.368 e. The monoisotopic (exact) mass is 396 g/mol. The first-order valence-corrected chi connectivity index (χ1v) is 9.44. The number of carbonyl (C=O) groups excluding carboxylic acids is 1. The molecule has 0 spiro atoms. The number of aromatic nitrogens is 1. The van der Waals surface area contributed by atoms with Crippen molar-refractivity contribution in [2.24, 2.45) is 0 Å². The van der Waals surface area contributed by atoms with Gasteiger partial charge in [-0.15, -0.1) is 12.4 Å². The molecule has 6 heteroatoms. The van der Waals surface area contributed by atoms with Gasteiger partial charge in [-0.3, -0.25) is 14.7 Å². The molecular formula is C22H25ClN4O. The Morgan fingerprint density at radius 1 is 0.929 bits per heavy atom. The van der Waals surface area contributed by atoms with Crippen LogP contribution >= 0.6 is 12.4 Å². The van der Waals surface area contributed by atoms with Crippen molar-refractivity contribution in [1.82, 2.24) is 15.2 Å². The zero-order chi connectivity index (χ0) is 18.5. The molecule has 28 heavy (non-hydrogen) atoms. The SMILES string of the molecule is Cl.O=C(NCCN1CCN(c2cccc3ccccc23)CC1)c1ccncc1. The van der Waals surface area contributed by atoms with E-state index >= 15 is 0 Å². The van der Waals surface area contributed by atoms with Gasteiger partial charge >= 0.3 is 0 Å². The maximum atomic E-state index is 12.1. The van der Waals surface area contributed by atoms with Crippen LogP contribution in [-0.4, -0.2) is 55.1 Å². The summed E-state index contributed by atoms with van der Waals surface area (Å²) < 4.78 is 0.